The summed E-state index contributed by atoms with van der Waals surface area (Å²) in [6, 6.07) is 12.6. The van der Waals surface area contributed by atoms with Crippen LogP contribution in [0.25, 0.3) is 10.9 Å². The van der Waals surface area contributed by atoms with Gasteiger partial charge in [0.25, 0.3) is 0 Å². The van der Waals surface area contributed by atoms with Gasteiger partial charge in [-0.3, -0.25) is 0 Å². The van der Waals surface area contributed by atoms with Crippen LogP contribution in [-0.4, -0.2) is 18.1 Å². The third kappa shape index (κ3) is 3.10. The summed E-state index contributed by atoms with van der Waals surface area (Å²) in [6.45, 7) is 0. The zero-order chi connectivity index (χ0) is 16.4. The van der Waals surface area contributed by atoms with Crippen LogP contribution in [0.15, 0.2) is 48.5 Å². The molecule has 4 nitrogen and oxygen atoms in total. The molecule has 0 spiro atoms. The number of fused-ring (bicyclic) bond motifs is 1. The first-order valence-corrected chi connectivity index (χ1v) is 7.07. The second-order valence-corrected chi connectivity index (χ2v) is 5.11. The van der Waals surface area contributed by atoms with Gasteiger partial charge in [-0.1, -0.05) is 29.8 Å². The van der Waals surface area contributed by atoms with E-state index in [1.807, 2.05) is 18.2 Å². The van der Waals surface area contributed by atoms with E-state index in [9.17, 15) is 9.18 Å². The SMILES string of the molecule is COC(=O)c1cc2ccccc2nc1Oc1ccc(F)cc1Cl. The number of hydrogen-bond acceptors (Lipinski definition) is 4. The lowest BCUT2D eigenvalue weighted by Crippen LogP contribution is -2.05. The number of halogens is 2. The number of nitrogens with zero attached hydrogens (tertiary/aromatic N) is 1. The van der Waals surface area contributed by atoms with Crippen molar-refractivity contribution in [3.63, 3.8) is 0 Å². The molecule has 0 radical (unpaired) electrons. The minimum absolute atomic E-state index is 0.0454. The van der Waals surface area contributed by atoms with Gasteiger partial charge in [-0.2, -0.15) is 0 Å². The van der Waals surface area contributed by atoms with Gasteiger partial charge in [0, 0.05) is 5.39 Å². The van der Waals surface area contributed by atoms with E-state index in [4.69, 9.17) is 21.1 Å². The van der Waals surface area contributed by atoms with Gasteiger partial charge in [0.05, 0.1) is 17.6 Å². The molecule has 3 rings (SSSR count). The van der Waals surface area contributed by atoms with Gasteiger partial charge in [0.2, 0.25) is 5.88 Å². The molecule has 0 bridgehead atoms. The minimum Gasteiger partial charge on any atom is -0.465 e. The van der Waals surface area contributed by atoms with Gasteiger partial charge in [0.1, 0.15) is 17.1 Å². The summed E-state index contributed by atoms with van der Waals surface area (Å²) < 4.78 is 23.5. The summed E-state index contributed by atoms with van der Waals surface area (Å²) in [6.07, 6.45) is 0. The number of rotatable bonds is 3. The number of esters is 1. The summed E-state index contributed by atoms with van der Waals surface area (Å²) in [5.41, 5.74) is 0.806. The van der Waals surface area contributed by atoms with E-state index in [1.54, 1.807) is 12.1 Å². The quantitative estimate of drug-likeness (QED) is 0.658. The molecule has 0 saturated carbocycles. The summed E-state index contributed by atoms with van der Waals surface area (Å²) in [7, 11) is 1.27. The Morgan fingerprint density at radius 2 is 1.96 bits per heavy atom. The number of carbonyl (C=O) groups is 1. The summed E-state index contributed by atoms with van der Waals surface area (Å²) in [5.74, 6) is -0.830. The number of para-hydroxylation sites is 1. The predicted octanol–water partition coefficient (Wildman–Crippen LogP) is 4.61. The number of ether oxygens (including phenoxy) is 2. The first kappa shape index (κ1) is 15.2. The molecule has 2 aromatic carbocycles. The van der Waals surface area contributed by atoms with E-state index in [1.165, 1.54) is 19.2 Å². The monoisotopic (exact) mass is 331 g/mol. The van der Waals surface area contributed by atoms with Crippen molar-refractivity contribution in [2.24, 2.45) is 0 Å². The third-order valence-electron chi connectivity index (χ3n) is 3.19. The topological polar surface area (TPSA) is 48.4 Å². The number of carbonyl (C=O) groups excluding carboxylic acids is 1. The summed E-state index contributed by atoms with van der Waals surface area (Å²) in [5, 5.41) is 0.848. The Balaban J connectivity index is 2.12. The number of aromatic nitrogens is 1. The molecule has 1 aromatic heterocycles. The van der Waals surface area contributed by atoms with E-state index < -0.39 is 11.8 Å². The Hall–Kier alpha value is -2.66. The van der Waals surface area contributed by atoms with Crippen molar-refractivity contribution in [2.75, 3.05) is 7.11 Å². The van der Waals surface area contributed by atoms with Gasteiger partial charge >= 0.3 is 5.97 Å². The Morgan fingerprint density at radius 3 is 2.70 bits per heavy atom. The van der Waals surface area contributed by atoms with Gasteiger partial charge in [-0.05, 0) is 30.3 Å². The van der Waals surface area contributed by atoms with Gasteiger partial charge in [0.15, 0.2) is 0 Å². The van der Waals surface area contributed by atoms with Gasteiger partial charge < -0.3 is 9.47 Å². The first-order valence-electron chi connectivity index (χ1n) is 6.69. The van der Waals surface area contributed by atoms with Gasteiger partial charge in [-0.25, -0.2) is 14.2 Å². The fourth-order valence-electron chi connectivity index (χ4n) is 2.09. The fourth-order valence-corrected chi connectivity index (χ4v) is 2.30. The van der Waals surface area contributed by atoms with E-state index >= 15 is 0 Å². The molecule has 1 heterocycles. The van der Waals surface area contributed by atoms with E-state index in [-0.39, 0.29) is 22.2 Å². The molecule has 0 aliphatic rings. The van der Waals surface area contributed by atoms with Crippen LogP contribution in [0.1, 0.15) is 10.4 Å². The van der Waals surface area contributed by atoms with Crippen LogP contribution in [0.3, 0.4) is 0 Å². The number of hydrogen-bond donors (Lipinski definition) is 0. The van der Waals surface area contributed by atoms with Crippen LogP contribution in [0.4, 0.5) is 4.39 Å². The maximum atomic E-state index is 13.1. The standard InChI is InChI=1S/C17H11ClFNO3/c1-22-17(21)12-8-10-4-2-3-5-14(10)20-16(12)23-15-7-6-11(19)9-13(15)18/h2-9H,1H3. The van der Waals surface area contributed by atoms with Crippen LogP contribution >= 0.6 is 11.6 Å². The van der Waals surface area contributed by atoms with Crippen LogP contribution in [-0.2, 0) is 4.74 Å². The summed E-state index contributed by atoms with van der Waals surface area (Å²) in [4.78, 5) is 16.3. The molecule has 6 heteroatoms. The van der Waals surface area contributed by atoms with Crippen molar-refractivity contribution in [3.8, 4) is 11.6 Å². The van der Waals surface area contributed by atoms with Crippen molar-refractivity contribution < 1.29 is 18.7 Å². The fraction of sp³-hybridized carbons (Fsp3) is 0.0588. The lowest BCUT2D eigenvalue weighted by atomic mass is 10.1. The number of methoxy groups -OCH3 is 1. The maximum absolute atomic E-state index is 13.1. The average Bonchev–Trinajstić information content (AvgIpc) is 2.56. The molecule has 23 heavy (non-hydrogen) atoms. The van der Waals surface area contributed by atoms with E-state index in [0.717, 1.165) is 11.5 Å². The maximum Gasteiger partial charge on any atom is 0.343 e. The molecule has 0 fully saturated rings. The molecule has 0 atom stereocenters. The van der Waals surface area contributed by atoms with Crippen molar-refractivity contribution in [2.45, 2.75) is 0 Å². The Morgan fingerprint density at radius 1 is 1.17 bits per heavy atom. The van der Waals surface area contributed by atoms with Crippen LogP contribution in [0.5, 0.6) is 11.6 Å². The Bertz CT molecular complexity index is 898. The molecule has 116 valence electrons. The van der Waals surface area contributed by atoms with Crippen molar-refractivity contribution >= 4 is 28.5 Å². The predicted molar refractivity (Wildman–Crippen MR) is 84.6 cm³/mol. The third-order valence-corrected chi connectivity index (χ3v) is 3.49. The van der Waals surface area contributed by atoms with Crippen LogP contribution in [0.2, 0.25) is 5.02 Å². The second kappa shape index (κ2) is 6.22. The summed E-state index contributed by atoms with van der Waals surface area (Å²) >= 11 is 5.95. The highest BCUT2D eigenvalue weighted by Gasteiger charge is 2.18. The smallest absolute Gasteiger partial charge is 0.343 e. The Labute approximate surface area is 136 Å². The molecule has 0 N–H and O–H groups in total. The number of benzene rings is 2. The lowest BCUT2D eigenvalue weighted by Gasteiger charge is -2.11. The second-order valence-electron chi connectivity index (χ2n) is 4.70. The molecule has 0 unspecified atom stereocenters. The molecule has 0 aliphatic heterocycles. The van der Waals surface area contributed by atoms with Crippen molar-refractivity contribution in [1.82, 2.24) is 4.98 Å². The highest BCUT2D eigenvalue weighted by molar-refractivity contribution is 6.32. The normalized spacial score (nSPS) is 10.6. The van der Waals surface area contributed by atoms with Crippen molar-refractivity contribution in [1.29, 1.82) is 0 Å². The molecule has 3 aromatic rings. The van der Waals surface area contributed by atoms with Gasteiger partial charge in [-0.15, -0.1) is 0 Å². The minimum atomic E-state index is -0.587. The molecule has 0 aliphatic carbocycles. The molecular weight excluding hydrogens is 321 g/mol. The van der Waals surface area contributed by atoms with Crippen LogP contribution in [0, 0.1) is 5.82 Å². The number of pyridine rings is 1. The highest BCUT2D eigenvalue weighted by atomic mass is 35.5. The van der Waals surface area contributed by atoms with E-state index in [0.29, 0.717) is 5.52 Å². The molecule has 0 amide bonds. The largest absolute Gasteiger partial charge is 0.465 e. The van der Waals surface area contributed by atoms with E-state index in [2.05, 4.69) is 4.98 Å². The zero-order valence-electron chi connectivity index (χ0n) is 12.0. The highest BCUT2D eigenvalue weighted by Crippen LogP contribution is 2.32. The first-order chi connectivity index (χ1) is 11.1. The Kier molecular flexibility index (Phi) is 4.12. The molecule has 0 saturated heterocycles. The van der Waals surface area contributed by atoms with Crippen LogP contribution < -0.4 is 4.74 Å². The molecular formula is C17H11ClFNO3. The lowest BCUT2D eigenvalue weighted by molar-refractivity contribution is 0.0597. The zero-order valence-corrected chi connectivity index (χ0v) is 12.8. The van der Waals surface area contributed by atoms with Crippen molar-refractivity contribution in [3.05, 3.63) is 64.9 Å². The average molecular weight is 332 g/mol.